The molecule has 0 fully saturated rings. The van der Waals surface area contributed by atoms with E-state index in [0.29, 0.717) is 6.42 Å². The maximum Gasteiger partial charge on any atom is 0.322 e. The molecule has 0 radical (unpaired) electrons. The summed E-state index contributed by atoms with van der Waals surface area (Å²) in [5.74, 6) is -3.21. The summed E-state index contributed by atoms with van der Waals surface area (Å²) in [6.07, 6.45) is 0.305. The van der Waals surface area contributed by atoms with Gasteiger partial charge in [0.15, 0.2) is 0 Å². The highest BCUT2D eigenvalue weighted by molar-refractivity contribution is 5.93. The van der Waals surface area contributed by atoms with Gasteiger partial charge in [0.05, 0.1) is 12.6 Å². The zero-order chi connectivity index (χ0) is 18.9. The van der Waals surface area contributed by atoms with Gasteiger partial charge in [-0.25, -0.2) is 0 Å². The van der Waals surface area contributed by atoms with Gasteiger partial charge in [-0.05, 0) is 19.3 Å². The van der Waals surface area contributed by atoms with Gasteiger partial charge in [0.2, 0.25) is 17.7 Å². The molecule has 0 aliphatic rings. The highest BCUT2D eigenvalue weighted by atomic mass is 16.4. The fourth-order valence-corrected chi connectivity index (χ4v) is 1.76. The Bertz CT molecular complexity index is 466. The lowest BCUT2D eigenvalue weighted by Gasteiger charge is -2.23. The van der Waals surface area contributed by atoms with E-state index in [-0.39, 0.29) is 5.92 Å². The lowest BCUT2D eigenvalue weighted by Crippen LogP contribution is -2.57. The topological polar surface area (TPSA) is 171 Å². The van der Waals surface area contributed by atoms with E-state index >= 15 is 0 Å². The number of carbonyl (C=O) groups is 4. The zero-order valence-corrected chi connectivity index (χ0v) is 14.0. The normalized spacial score (nSPS) is 14.4. The molecular formula is C14H26N4O6. The summed E-state index contributed by atoms with van der Waals surface area (Å²) in [6, 6.07) is -3.05. The number of carboxylic acids is 1. The Balaban J connectivity index is 4.89. The number of aliphatic carboxylic acids is 1. The Morgan fingerprint density at radius 2 is 1.50 bits per heavy atom. The van der Waals surface area contributed by atoms with Crippen molar-refractivity contribution in [3.63, 3.8) is 0 Å². The molecule has 0 spiro atoms. The molecule has 0 aromatic heterocycles. The number of aliphatic hydroxyl groups excluding tert-OH is 1. The van der Waals surface area contributed by atoms with E-state index in [9.17, 15) is 24.3 Å². The number of nitrogens with two attached hydrogens (primary N) is 1. The summed E-state index contributed by atoms with van der Waals surface area (Å²) < 4.78 is 0. The van der Waals surface area contributed by atoms with Crippen LogP contribution < -0.4 is 21.7 Å². The van der Waals surface area contributed by atoms with Crippen LogP contribution in [0.25, 0.3) is 0 Å². The maximum atomic E-state index is 12.3. The zero-order valence-electron chi connectivity index (χ0n) is 14.0. The molecule has 0 aliphatic heterocycles. The summed E-state index contributed by atoms with van der Waals surface area (Å²) in [5.41, 5.74) is 5.46. The minimum Gasteiger partial charge on any atom is -0.480 e. The number of aliphatic hydroxyl groups is 1. The Labute approximate surface area is 140 Å². The SMILES string of the molecule is CC(C)CC(NC(=O)C(C)N)C(=O)NC(CO)C(=O)NCC(=O)O. The molecule has 0 rings (SSSR count). The van der Waals surface area contributed by atoms with Gasteiger partial charge in [-0.3, -0.25) is 19.2 Å². The fraction of sp³-hybridized carbons (Fsp3) is 0.714. The molecule has 3 atom stereocenters. The molecule has 24 heavy (non-hydrogen) atoms. The number of hydrogen-bond donors (Lipinski definition) is 6. The van der Waals surface area contributed by atoms with Gasteiger partial charge in [0, 0.05) is 0 Å². The Morgan fingerprint density at radius 3 is 1.92 bits per heavy atom. The Kier molecular flexibility index (Phi) is 9.58. The number of amides is 3. The van der Waals surface area contributed by atoms with Crippen molar-refractivity contribution < 1.29 is 29.4 Å². The van der Waals surface area contributed by atoms with E-state index in [0.717, 1.165) is 0 Å². The van der Waals surface area contributed by atoms with Crippen molar-refractivity contribution in [2.75, 3.05) is 13.2 Å². The monoisotopic (exact) mass is 346 g/mol. The number of rotatable bonds is 10. The van der Waals surface area contributed by atoms with E-state index in [1.54, 1.807) is 0 Å². The number of hydrogen-bond acceptors (Lipinski definition) is 6. The van der Waals surface area contributed by atoms with Gasteiger partial charge < -0.3 is 31.9 Å². The Morgan fingerprint density at radius 1 is 0.958 bits per heavy atom. The molecule has 0 aromatic carbocycles. The molecule has 138 valence electrons. The van der Waals surface area contributed by atoms with Crippen LogP contribution in [-0.4, -0.2) is 65.2 Å². The van der Waals surface area contributed by atoms with Gasteiger partial charge in [0.25, 0.3) is 0 Å². The smallest absolute Gasteiger partial charge is 0.322 e. The predicted octanol–water partition coefficient (Wildman–Crippen LogP) is -2.46. The van der Waals surface area contributed by atoms with E-state index in [2.05, 4.69) is 16.0 Å². The van der Waals surface area contributed by atoms with Crippen molar-refractivity contribution in [1.29, 1.82) is 0 Å². The predicted molar refractivity (Wildman–Crippen MR) is 84.7 cm³/mol. The lowest BCUT2D eigenvalue weighted by atomic mass is 10.0. The minimum absolute atomic E-state index is 0.0718. The molecule has 3 amide bonds. The number of nitrogens with one attached hydrogen (secondary N) is 3. The first kappa shape index (κ1) is 21.8. The van der Waals surface area contributed by atoms with Gasteiger partial charge >= 0.3 is 5.97 Å². The molecule has 7 N–H and O–H groups in total. The molecule has 0 aliphatic carbocycles. The van der Waals surface area contributed by atoms with E-state index in [1.807, 2.05) is 13.8 Å². The number of carbonyl (C=O) groups excluding carboxylic acids is 3. The van der Waals surface area contributed by atoms with Crippen LogP contribution in [0.1, 0.15) is 27.2 Å². The van der Waals surface area contributed by atoms with Crippen LogP contribution in [0.5, 0.6) is 0 Å². The van der Waals surface area contributed by atoms with Gasteiger partial charge in [-0.2, -0.15) is 0 Å². The second-order valence-corrected chi connectivity index (χ2v) is 5.83. The standard InChI is InChI=1S/C14H26N4O6/c1-7(2)4-9(17-12(22)8(3)15)14(24)18-10(6-19)13(23)16-5-11(20)21/h7-10,19H,4-6,15H2,1-3H3,(H,16,23)(H,17,22)(H,18,24)(H,20,21). The molecule has 10 nitrogen and oxygen atoms in total. The van der Waals surface area contributed by atoms with Crippen LogP contribution in [0.3, 0.4) is 0 Å². The molecule has 0 saturated heterocycles. The summed E-state index contributed by atoms with van der Waals surface area (Å²) in [7, 11) is 0. The van der Waals surface area contributed by atoms with Crippen LogP contribution in [0, 0.1) is 5.92 Å². The first-order valence-corrected chi connectivity index (χ1v) is 7.55. The molecular weight excluding hydrogens is 320 g/mol. The van der Waals surface area contributed by atoms with Crippen molar-refractivity contribution in [3.8, 4) is 0 Å². The average Bonchev–Trinajstić information content (AvgIpc) is 2.48. The number of carboxylic acid groups (broad SMARTS) is 1. The Hall–Kier alpha value is -2.20. The minimum atomic E-state index is -1.32. The highest BCUT2D eigenvalue weighted by Crippen LogP contribution is 2.06. The maximum absolute atomic E-state index is 12.3. The lowest BCUT2D eigenvalue weighted by molar-refractivity contribution is -0.139. The quantitative estimate of drug-likeness (QED) is 0.255. The largest absolute Gasteiger partial charge is 0.480 e. The van der Waals surface area contributed by atoms with Crippen LogP contribution in [0.15, 0.2) is 0 Å². The van der Waals surface area contributed by atoms with Gasteiger partial charge in [0.1, 0.15) is 18.6 Å². The molecule has 0 heterocycles. The molecule has 0 bridgehead atoms. The summed E-state index contributed by atoms with van der Waals surface area (Å²) in [6.45, 7) is 3.81. The van der Waals surface area contributed by atoms with Crippen molar-refractivity contribution >= 4 is 23.7 Å². The van der Waals surface area contributed by atoms with Crippen molar-refractivity contribution in [2.45, 2.75) is 45.3 Å². The first-order valence-electron chi connectivity index (χ1n) is 7.55. The highest BCUT2D eigenvalue weighted by Gasteiger charge is 2.27. The van der Waals surface area contributed by atoms with Crippen molar-refractivity contribution in [1.82, 2.24) is 16.0 Å². The molecule has 10 heteroatoms. The molecule has 3 unspecified atom stereocenters. The second kappa shape index (κ2) is 10.6. The summed E-state index contributed by atoms with van der Waals surface area (Å²) in [5, 5.41) is 24.6. The van der Waals surface area contributed by atoms with E-state index in [1.165, 1.54) is 6.92 Å². The third-order valence-electron chi connectivity index (χ3n) is 2.98. The average molecular weight is 346 g/mol. The third-order valence-corrected chi connectivity index (χ3v) is 2.98. The van der Waals surface area contributed by atoms with Crippen LogP contribution in [0.2, 0.25) is 0 Å². The first-order chi connectivity index (χ1) is 11.1. The van der Waals surface area contributed by atoms with Gasteiger partial charge in [-0.15, -0.1) is 0 Å². The van der Waals surface area contributed by atoms with Crippen LogP contribution in [-0.2, 0) is 19.2 Å². The van der Waals surface area contributed by atoms with Crippen LogP contribution >= 0.6 is 0 Å². The third kappa shape index (κ3) is 8.44. The fourth-order valence-electron chi connectivity index (χ4n) is 1.76. The van der Waals surface area contributed by atoms with Gasteiger partial charge in [-0.1, -0.05) is 13.8 Å². The van der Waals surface area contributed by atoms with Crippen molar-refractivity contribution in [3.05, 3.63) is 0 Å². The van der Waals surface area contributed by atoms with Crippen molar-refractivity contribution in [2.24, 2.45) is 11.7 Å². The molecule has 0 saturated carbocycles. The van der Waals surface area contributed by atoms with E-state index < -0.39 is 55.0 Å². The van der Waals surface area contributed by atoms with Crippen LogP contribution in [0.4, 0.5) is 0 Å². The van der Waals surface area contributed by atoms with E-state index in [4.69, 9.17) is 10.8 Å². The summed E-state index contributed by atoms with van der Waals surface area (Å²) >= 11 is 0. The second-order valence-electron chi connectivity index (χ2n) is 5.83. The molecule has 0 aromatic rings. The summed E-state index contributed by atoms with van der Waals surface area (Å²) in [4.78, 5) is 46.1.